The van der Waals surface area contributed by atoms with Gasteiger partial charge in [0, 0.05) is 0 Å². The molecular formula is C29H37F3. The Kier molecular flexibility index (Phi) is 7.63. The normalized spacial score (nSPS) is 26.3. The number of halogens is 3. The summed E-state index contributed by atoms with van der Waals surface area (Å²) in [6.07, 6.45) is 10.7. The smallest absolute Gasteiger partial charge is 0.162 e. The predicted molar refractivity (Wildman–Crippen MR) is 126 cm³/mol. The third kappa shape index (κ3) is 5.24. The zero-order valence-electron chi connectivity index (χ0n) is 19.6. The molecule has 2 aromatic carbocycles. The molecule has 0 N–H and O–H groups in total. The standard InChI is InChI=1S/C29H37F3/c1-3-22-13-10-21(18-27(22)30)7-6-20-8-14-24(15-9-20)26-17-16-25(28(31)29(26)32)23-11-4-19(2)5-12-23/h10,13,16-20,23-24H,3-9,11-12,14-15H2,1-2H3. The van der Waals surface area contributed by atoms with E-state index in [9.17, 15) is 8.78 Å². The molecule has 0 heterocycles. The minimum atomic E-state index is -0.601. The van der Waals surface area contributed by atoms with Gasteiger partial charge in [-0.3, -0.25) is 0 Å². The van der Waals surface area contributed by atoms with Crippen molar-refractivity contribution in [2.24, 2.45) is 11.8 Å². The zero-order chi connectivity index (χ0) is 22.7. The van der Waals surface area contributed by atoms with Crippen molar-refractivity contribution in [1.82, 2.24) is 0 Å². The predicted octanol–water partition coefficient (Wildman–Crippen LogP) is 8.87. The lowest BCUT2D eigenvalue weighted by Crippen LogP contribution is -2.17. The van der Waals surface area contributed by atoms with E-state index in [0.29, 0.717) is 29.4 Å². The molecule has 0 radical (unpaired) electrons. The second-order valence-electron chi connectivity index (χ2n) is 10.4. The number of hydrogen-bond acceptors (Lipinski definition) is 0. The highest BCUT2D eigenvalue weighted by molar-refractivity contribution is 5.32. The molecule has 0 bridgehead atoms. The molecule has 4 rings (SSSR count). The molecule has 2 aromatic rings. The monoisotopic (exact) mass is 442 g/mol. The zero-order valence-corrected chi connectivity index (χ0v) is 19.6. The summed E-state index contributed by atoms with van der Waals surface area (Å²) in [5, 5.41) is 0. The second-order valence-corrected chi connectivity index (χ2v) is 10.4. The average molecular weight is 443 g/mol. The van der Waals surface area contributed by atoms with Crippen LogP contribution in [0.15, 0.2) is 30.3 Å². The van der Waals surface area contributed by atoms with E-state index >= 15 is 4.39 Å². The summed E-state index contributed by atoms with van der Waals surface area (Å²) < 4.78 is 44.0. The first-order chi connectivity index (χ1) is 15.5. The summed E-state index contributed by atoms with van der Waals surface area (Å²) in [5.74, 6) is 0.263. The van der Waals surface area contributed by atoms with Crippen LogP contribution in [0.2, 0.25) is 0 Å². The van der Waals surface area contributed by atoms with Gasteiger partial charge in [0.05, 0.1) is 0 Å². The van der Waals surface area contributed by atoms with Crippen LogP contribution in [0, 0.1) is 29.3 Å². The molecule has 0 amide bonds. The van der Waals surface area contributed by atoms with Crippen molar-refractivity contribution in [3.63, 3.8) is 0 Å². The minimum Gasteiger partial charge on any atom is -0.207 e. The molecule has 0 unspecified atom stereocenters. The Hall–Kier alpha value is -1.77. The summed E-state index contributed by atoms with van der Waals surface area (Å²) in [5.41, 5.74) is 2.99. The highest BCUT2D eigenvalue weighted by Gasteiger charge is 2.29. The van der Waals surface area contributed by atoms with E-state index in [1.165, 1.54) is 0 Å². The van der Waals surface area contributed by atoms with E-state index in [1.807, 2.05) is 31.2 Å². The first-order valence-electron chi connectivity index (χ1n) is 12.7. The maximum Gasteiger partial charge on any atom is 0.162 e. The summed E-state index contributed by atoms with van der Waals surface area (Å²) >= 11 is 0. The van der Waals surface area contributed by atoms with Gasteiger partial charge in [-0.2, -0.15) is 0 Å². The van der Waals surface area contributed by atoms with Gasteiger partial charge in [0.2, 0.25) is 0 Å². The molecule has 3 heteroatoms. The van der Waals surface area contributed by atoms with Crippen molar-refractivity contribution in [2.75, 3.05) is 0 Å². The van der Waals surface area contributed by atoms with Crippen LogP contribution in [0.1, 0.15) is 106 Å². The molecule has 2 aliphatic carbocycles. The maximum absolute atomic E-state index is 15.0. The number of hydrogen-bond donors (Lipinski definition) is 0. The van der Waals surface area contributed by atoms with E-state index in [4.69, 9.17) is 0 Å². The van der Waals surface area contributed by atoms with Gasteiger partial charge in [0.15, 0.2) is 11.6 Å². The minimum absolute atomic E-state index is 0.0996. The van der Waals surface area contributed by atoms with Crippen LogP contribution < -0.4 is 0 Å². The van der Waals surface area contributed by atoms with E-state index < -0.39 is 11.6 Å². The average Bonchev–Trinajstić information content (AvgIpc) is 2.81. The third-order valence-corrected chi connectivity index (χ3v) is 8.22. The molecular weight excluding hydrogens is 405 g/mol. The van der Waals surface area contributed by atoms with Crippen LogP contribution in [-0.2, 0) is 12.8 Å². The summed E-state index contributed by atoms with van der Waals surface area (Å²) in [6.45, 7) is 4.21. The molecule has 2 saturated carbocycles. The van der Waals surface area contributed by atoms with Gasteiger partial charge in [-0.25, -0.2) is 13.2 Å². The molecule has 0 nitrogen and oxygen atoms in total. The van der Waals surface area contributed by atoms with Gasteiger partial charge in [-0.05, 0) is 110 Å². The first kappa shape index (κ1) is 23.4. The van der Waals surface area contributed by atoms with Gasteiger partial charge in [0.25, 0.3) is 0 Å². The maximum atomic E-state index is 15.0. The number of benzene rings is 2. The molecule has 174 valence electrons. The Bertz CT molecular complexity index is 903. The van der Waals surface area contributed by atoms with E-state index in [-0.39, 0.29) is 17.7 Å². The molecule has 0 spiro atoms. The molecule has 0 aromatic heterocycles. The lowest BCUT2D eigenvalue weighted by atomic mass is 9.75. The summed E-state index contributed by atoms with van der Waals surface area (Å²) in [6, 6.07) is 9.36. The molecule has 0 atom stereocenters. The topological polar surface area (TPSA) is 0 Å². The molecule has 2 aliphatic rings. The first-order valence-corrected chi connectivity index (χ1v) is 12.7. The van der Waals surface area contributed by atoms with Crippen LogP contribution in [-0.4, -0.2) is 0 Å². The Morgan fingerprint density at radius 1 is 0.750 bits per heavy atom. The Labute approximate surface area is 191 Å². The van der Waals surface area contributed by atoms with Gasteiger partial charge in [-0.15, -0.1) is 0 Å². The van der Waals surface area contributed by atoms with Crippen molar-refractivity contribution in [3.8, 4) is 0 Å². The van der Waals surface area contributed by atoms with Crippen LogP contribution in [0.4, 0.5) is 13.2 Å². The largest absolute Gasteiger partial charge is 0.207 e. The van der Waals surface area contributed by atoms with E-state index in [1.54, 1.807) is 6.07 Å². The third-order valence-electron chi connectivity index (χ3n) is 8.22. The lowest BCUT2D eigenvalue weighted by Gasteiger charge is -2.30. The second kappa shape index (κ2) is 10.4. The van der Waals surface area contributed by atoms with Crippen molar-refractivity contribution >= 4 is 0 Å². The van der Waals surface area contributed by atoms with E-state index in [2.05, 4.69) is 6.92 Å². The fourth-order valence-electron chi connectivity index (χ4n) is 5.95. The van der Waals surface area contributed by atoms with Crippen LogP contribution >= 0.6 is 0 Å². The van der Waals surface area contributed by atoms with Gasteiger partial charge < -0.3 is 0 Å². The SMILES string of the molecule is CCc1ccc(CCC2CCC(c3ccc(C4CCC(C)CC4)c(F)c3F)CC2)cc1F. The van der Waals surface area contributed by atoms with Crippen LogP contribution in [0.25, 0.3) is 0 Å². The van der Waals surface area contributed by atoms with Gasteiger partial charge >= 0.3 is 0 Å². The van der Waals surface area contributed by atoms with Crippen molar-refractivity contribution in [2.45, 2.75) is 96.3 Å². The fraction of sp³-hybridized carbons (Fsp3) is 0.586. The highest BCUT2D eigenvalue weighted by atomic mass is 19.2. The van der Waals surface area contributed by atoms with Gasteiger partial charge in [0.1, 0.15) is 5.82 Å². The molecule has 0 saturated heterocycles. The van der Waals surface area contributed by atoms with Crippen molar-refractivity contribution in [3.05, 3.63) is 70.0 Å². The Balaban J connectivity index is 1.33. The molecule has 2 fully saturated rings. The van der Waals surface area contributed by atoms with Crippen LogP contribution in [0.3, 0.4) is 0 Å². The quantitative estimate of drug-likeness (QED) is 0.419. The fourth-order valence-corrected chi connectivity index (χ4v) is 5.95. The molecule has 0 aliphatic heterocycles. The van der Waals surface area contributed by atoms with Gasteiger partial charge in [-0.1, -0.05) is 51.0 Å². The Morgan fingerprint density at radius 2 is 1.31 bits per heavy atom. The van der Waals surface area contributed by atoms with Crippen molar-refractivity contribution in [1.29, 1.82) is 0 Å². The Morgan fingerprint density at radius 3 is 1.84 bits per heavy atom. The van der Waals surface area contributed by atoms with Crippen LogP contribution in [0.5, 0.6) is 0 Å². The summed E-state index contributed by atoms with van der Waals surface area (Å²) in [7, 11) is 0. The lowest BCUT2D eigenvalue weighted by molar-refractivity contribution is 0.303. The number of aryl methyl sites for hydroxylation is 2. The van der Waals surface area contributed by atoms with E-state index in [0.717, 1.165) is 75.3 Å². The highest BCUT2D eigenvalue weighted by Crippen LogP contribution is 2.42. The molecule has 32 heavy (non-hydrogen) atoms. The number of rotatable bonds is 6. The summed E-state index contributed by atoms with van der Waals surface area (Å²) in [4.78, 5) is 0. The van der Waals surface area contributed by atoms with Crippen molar-refractivity contribution < 1.29 is 13.2 Å².